The number of carbonyl (C=O) groups is 1. The van der Waals surface area contributed by atoms with E-state index in [2.05, 4.69) is 10.4 Å². The summed E-state index contributed by atoms with van der Waals surface area (Å²) < 4.78 is 14.5. The number of rotatable bonds is 5. The maximum Gasteiger partial charge on any atom is 0.288 e. The Balaban J connectivity index is 1.70. The molecule has 0 unspecified atom stereocenters. The molecular formula is C17H12ClFN4O3. The molecule has 0 spiro atoms. The van der Waals surface area contributed by atoms with Gasteiger partial charge in [-0.15, -0.1) is 0 Å². The number of halogens is 2. The van der Waals surface area contributed by atoms with Crippen LogP contribution in [0.1, 0.15) is 15.9 Å². The maximum atomic E-state index is 12.9. The van der Waals surface area contributed by atoms with E-state index in [0.717, 1.165) is 11.6 Å². The van der Waals surface area contributed by atoms with Crippen molar-refractivity contribution in [1.82, 2.24) is 9.78 Å². The Bertz CT molecular complexity index is 972. The van der Waals surface area contributed by atoms with Crippen LogP contribution in [0, 0.1) is 15.9 Å². The molecule has 1 amide bonds. The smallest absolute Gasteiger partial charge is 0.288 e. The van der Waals surface area contributed by atoms with Crippen molar-refractivity contribution in [2.24, 2.45) is 0 Å². The van der Waals surface area contributed by atoms with Crippen molar-refractivity contribution in [2.75, 3.05) is 5.32 Å². The highest BCUT2D eigenvalue weighted by atomic mass is 35.5. The molecule has 3 aromatic rings. The Hall–Kier alpha value is -3.26. The number of nitrogens with one attached hydrogen (secondary N) is 1. The van der Waals surface area contributed by atoms with Crippen LogP contribution in [0.2, 0.25) is 5.02 Å². The second-order valence-corrected chi connectivity index (χ2v) is 5.81. The molecule has 0 radical (unpaired) electrons. The summed E-state index contributed by atoms with van der Waals surface area (Å²) in [7, 11) is 0. The number of nitrogens with zero attached hydrogens (tertiary/aromatic N) is 3. The predicted molar refractivity (Wildman–Crippen MR) is 93.8 cm³/mol. The molecule has 9 heteroatoms. The predicted octanol–water partition coefficient (Wildman–Crippen LogP) is 3.88. The van der Waals surface area contributed by atoms with Crippen molar-refractivity contribution in [3.05, 3.63) is 86.8 Å². The van der Waals surface area contributed by atoms with Gasteiger partial charge in [0.05, 0.1) is 11.5 Å². The first-order valence-electron chi connectivity index (χ1n) is 7.45. The summed E-state index contributed by atoms with van der Waals surface area (Å²) in [4.78, 5) is 22.5. The number of nitro benzene ring substituents is 1. The molecule has 1 N–H and O–H groups in total. The van der Waals surface area contributed by atoms with Crippen LogP contribution in [0.3, 0.4) is 0 Å². The molecule has 1 heterocycles. The molecule has 2 aromatic carbocycles. The van der Waals surface area contributed by atoms with Crippen LogP contribution in [0.15, 0.2) is 54.7 Å². The third-order valence-corrected chi connectivity index (χ3v) is 3.86. The highest BCUT2D eigenvalue weighted by Gasteiger charge is 2.17. The SMILES string of the molecule is O=C(Nc1ccn(Cc2ccc(F)cc2)n1)c1ccc(Cl)c([N+](=O)[O-])c1. The monoisotopic (exact) mass is 374 g/mol. The third kappa shape index (κ3) is 4.04. The largest absolute Gasteiger partial charge is 0.305 e. The molecular weight excluding hydrogens is 363 g/mol. The fraction of sp³-hybridized carbons (Fsp3) is 0.0588. The summed E-state index contributed by atoms with van der Waals surface area (Å²) in [5.74, 6) is -0.578. The minimum absolute atomic E-state index is 0.0462. The number of hydrogen-bond acceptors (Lipinski definition) is 4. The van der Waals surface area contributed by atoms with Crippen LogP contribution in [0.25, 0.3) is 0 Å². The van der Waals surface area contributed by atoms with Gasteiger partial charge in [-0.3, -0.25) is 19.6 Å². The number of amides is 1. The molecule has 0 aliphatic rings. The average molecular weight is 375 g/mol. The first-order valence-corrected chi connectivity index (χ1v) is 7.83. The van der Waals surface area contributed by atoms with Gasteiger partial charge in [0.25, 0.3) is 11.6 Å². The number of anilines is 1. The van der Waals surface area contributed by atoms with Crippen molar-refractivity contribution in [1.29, 1.82) is 0 Å². The van der Waals surface area contributed by atoms with E-state index in [1.807, 2.05) is 0 Å². The lowest BCUT2D eigenvalue weighted by molar-refractivity contribution is -0.384. The van der Waals surface area contributed by atoms with Crippen molar-refractivity contribution in [3.63, 3.8) is 0 Å². The van der Waals surface area contributed by atoms with Crippen molar-refractivity contribution >= 4 is 29.0 Å². The highest BCUT2D eigenvalue weighted by Crippen LogP contribution is 2.25. The van der Waals surface area contributed by atoms with Crippen molar-refractivity contribution in [3.8, 4) is 0 Å². The standard InChI is InChI=1S/C17H12ClFN4O3/c18-14-6-3-12(9-15(14)23(25)26)17(24)20-16-7-8-22(21-16)10-11-1-4-13(19)5-2-11/h1-9H,10H2,(H,20,21,24). The molecule has 0 saturated heterocycles. The molecule has 26 heavy (non-hydrogen) atoms. The minimum atomic E-state index is -0.656. The molecule has 0 atom stereocenters. The van der Waals surface area contributed by atoms with Gasteiger partial charge in [0, 0.05) is 23.9 Å². The molecule has 3 rings (SSSR count). The lowest BCUT2D eigenvalue weighted by atomic mass is 10.2. The summed E-state index contributed by atoms with van der Waals surface area (Å²) in [6, 6.07) is 11.4. The zero-order valence-corrected chi connectivity index (χ0v) is 14.0. The summed E-state index contributed by atoms with van der Waals surface area (Å²) in [6.07, 6.45) is 1.66. The summed E-state index contributed by atoms with van der Waals surface area (Å²) >= 11 is 5.73. The molecule has 0 bridgehead atoms. The molecule has 0 fully saturated rings. The second kappa shape index (κ2) is 7.32. The van der Waals surface area contributed by atoms with Crippen LogP contribution >= 0.6 is 11.6 Å². The van der Waals surface area contributed by atoms with E-state index in [1.54, 1.807) is 29.1 Å². The topological polar surface area (TPSA) is 90.1 Å². The minimum Gasteiger partial charge on any atom is -0.305 e. The number of benzene rings is 2. The number of carbonyl (C=O) groups excluding carboxylic acids is 1. The van der Waals surface area contributed by atoms with Crippen LogP contribution < -0.4 is 5.32 Å². The van der Waals surface area contributed by atoms with Gasteiger partial charge < -0.3 is 5.32 Å². The first-order chi connectivity index (χ1) is 12.4. The molecule has 1 aromatic heterocycles. The van der Waals surface area contributed by atoms with E-state index in [4.69, 9.17) is 11.6 Å². The van der Waals surface area contributed by atoms with E-state index < -0.39 is 10.8 Å². The van der Waals surface area contributed by atoms with E-state index in [-0.39, 0.29) is 27.9 Å². The van der Waals surface area contributed by atoms with Gasteiger partial charge >= 0.3 is 0 Å². The van der Waals surface area contributed by atoms with Gasteiger partial charge in [0.15, 0.2) is 5.82 Å². The summed E-state index contributed by atoms with van der Waals surface area (Å²) in [6.45, 7) is 0.405. The lowest BCUT2D eigenvalue weighted by Gasteiger charge is -2.04. The third-order valence-electron chi connectivity index (χ3n) is 3.55. The Labute approximate surface area is 152 Å². The van der Waals surface area contributed by atoms with Crippen LogP contribution in [-0.2, 0) is 6.54 Å². The molecule has 0 aliphatic heterocycles. The van der Waals surface area contributed by atoms with E-state index in [9.17, 15) is 19.3 Å². The maximum absolute atomic E-state index is 12.9. The Morgan fingerprint density at radius 1 is 1.23 bits per heavy atom. The van der Waals surface area contributed by atoms with E-state index >= 15 is 0 Å². The first kappa shape index (κ1) is 17.6. The highest BCUT2D eigenvalue weighted by molar-refractivity contribution is 6.32. The number of nitro groups is 1. The lowest BCUT2D eigenvalue weighted by Crippen LogP contribution is -2.13. The molecule has 132 valence electrons. The van der Waals surface area contributed by atoms with Gasteiger partial charge in [-0.05, 0) is 29.8 Å². The van der Waals surface area contributed by atoms with Gasteiger partial charge in [0.2, 0.25) is 0 Å². The van der Waals surface area contributed by atoms with E-state index in [0.29, 0.717) is 6.54 Å². The number of hydrogen-bond donors (Lipinski definition) is 1. The number of aromatic nitrogens is 2. The van der Waals surface area contributed by atoms with Gasteiger partial charge in [-0.2, -0.15) is 5.10 Å². The van der Waals surface area contributed by atoms with Crippen LogP contribution in [0.4, 0.5) is 15.9 Å². The summed E-state index contributed by atoms with van der Waals surface area (Å²) in [5.41, 5.74) is 0.594. The normalized spacial score (nSPS) is 10.5. The Kier molecular flexibility index (Phi) is 4.94. The summed E-state index contributed by atoms with van der Waals surface area (Å²) in [5, 5.41) is 17.6. The van der Waals surface area contributed by atoms with E-state index in [1.165, 1.54) is 24.3 Å². The quantitative estimate of drug-likeness (QED) is 0.542. The molecule has 7 nitrogen and oxygen atoms in total. The van der Waals surface area contributed by atoms with Gasteiger partial charge in [-0.1, -0.05) is 23.7 Å². The van der Waals surface area contributed by atoms with Crippen LogP contribution in [-0.4, -0.2) is 20.6 Å². The molecule has 0 aliphatic carbocycles. The van der Waals surface area contributed by atoms with Crippen molar-refractivity contribution in [2.45, 2.75) is 6.54 Å². The fourth-order valence-electron chi connectivity index (χ4n) is 2.28. The van der Waals surface area contributed by atoms with Gasteiger partial charge in [-0.25, -0.2) is 4.39 Å². The Morgan fingerprint density at radius 2 is 1.96 bits per heavy atom. The van der Waals surface area contributed by atoms with Gasteiger partial charge in [0.1, 0.15) is 10.8 Å². The average Bonchev–Trinajstić information content (AvgIpc) is 3.04. The zero-order valence-electron chi connectivity index (χ0n) is 13.2. The zero-order chi connectivity index (χ0) is 18.7. The molecule has 0 saturated carbocycles. The van der Waals surface area contributed by atoms with Crippen molar-refractivity contribution < 1.29 is 14.1 Å². The fourth-order valence-corrected chi connectivity index (χ4v) is 2.46. The second-order valence-electron chi connectivity index (χ2n) is 5.40. The Morgan fingerprint density at radius 3 is 2.65 bits per heavy atom. The van der Waals surface area contributed by atoms with Crippen LogP contribution in [0.5, 0.6) is 0 Å².